The van der Waals surface area contributed by atoms with E-state index in [9.17, 15) is 41.5 Å². The number of ketones is 2. The molecular weight excluding hydrogens is 638 g/mol. The highest BCUT2D eigenvalue weighted by molar-refractivity contribution is 5.89. The largest absolute Gasteiger partial charge is 0.464 e. The molecule has 3 N–H and O–H groups in total. The molecule has 2 atom stereocenters. The fraction of sp³-hybridized carbons (Fsp3) is 0.618. The highest BCUT2D eigenvalue weighted by atomic mass is 19.2. The van der Waals surface area contributed by atoms with Gasteiger partial charge in [0.2, 0.25) is 11.6 Å². The Morgan fingerprint density at radius 3 is 1.96 bits per heavy atom. The molecule has 48 heavy (non-hydrogen) atoms. The average Bonchev–Trinajstić information content (AvgIpc) is 3.02. The van der Waals surface area contributed by atoms with E-state index in [4.69, 9.17) is 9.47 Å². The third-order valence-corrected chi connectivity index (χ3v) is 7.30. The monoisotopic (exact) mass is 687 g/mol. The summed E-state index contributed by atoms with van der Waals surface area (Å²) in [6, 6.07) is -2.47. The number of benzene rings is 1. The molecule has 0 saturated heterocycles. The van der Waals surface area contributed by atoms with Crippen LogP contribution < -0.4 is 20.7 Å². The number of carbonyl (C=O) groups is 5. The number of hydrogen-bond donors (Lipinski definition) is 3. The summed E-state index contributed by atoms with van der Waals surface area (Å²) in [5.41, 5.74) is 0.170. The van der Waals surface area contributed by atoms with Crippen molar-refractivity contribution in [2.45, 2.75) is 117 Å². The van der Waals surface area contributed by atoms with Crippen LogP contribution in [0.1, 0.15) is 104 Å². The number of rotatable bonds is 23. The Hall–Kier alpha value is -3.97. The fourth-order valence-electron chi connectivity index (χ4n) is 4.48. The molecule has 0 radical (unpaired) electrons. The van der Waals surface area contributed by atoms with Gasteiger partial charge in [-0.1, -0.05) is 33.3 Å². The van der Waals surface area contributed by atoms with Gasteiger partial charge in [-0.25, -0.2) is 22.8 Å². The van der Waals surface area contributed by atoms with Crippen molar-refractivity contribution >= 4 is 29.5 Å². The Morgan fingerprint density at radius 2 is 1.35 bits per heavy atom. The van der Waals surface area contributed by atoms with Gasteiger partial charge in [-0.15, -0.1) is 0 Å². The van der Waals surface area contributed by atoms with Crippen molar-refractivity contribution in [3.63, 3.8) is 0 Å². The standard InChI is InChI=1S/C34H49F4N3O7/c1-20(2)19-47-33(45)26(41-34(46)40-25(24(6)43)17-16-22(4)42)14-11-12-18-39-21(3)13-9-7-8-10-15-27(44)48-32-23(5)28(35)29(36)30(37)31(32)38/h20,25-26,39H,3,7-19H2,1-2,4-6H3,(H2,40,41,46)/t25-,26-/m0/s1. The molecule has 1 aromatic rings. The van der Waals surface area contributed by atoms with Gasteiger partial charge in [0.05, 0.1) is 12.6 Å². The van der Waals surface area contributed by atoms with Gasteiger partial charge in [0.25, 0.3) is 0 Å². The van der Waals surface area contributed by atoms with Crippen molar-refractivity contribution in [1.29, 1.82) is 0 Å². The van der Waals surface area contributed by atoms with E-state index in [0.29, 0.717) is 45.1 Å². The first kappa shape index (κ1) is 42.1. The molecule has 0 saturated carbocycles. The van der Waals surface area contributed by atoms with E-state index >= 15 is 0 Å². The van der Waals surface area contributed by atoms with Crippen LogP contribution in [0.2, 0.25) is 0 Å². The Morgan fingerprint density at radius 1 is 0.750 bits per heavy atom. The van der Waals surface area contributed by atoms with E-state index in [1.165, 1.54) is 13.8 Å². The number of Topliss-reactive ketones (excluding diaryl/α,β-unsaturated/α-hetero) is 2. The summed E-state index contributed by atoms with van der Waals surface area (Å²) in [6.45, 7) is 12.2. The smallest absolute Gasteiger partial charge is 0.328 e. The van der Waals surface area contributed by atoms with Crippen molar-refractivity contribution in [2.75, 3.05) is 13.2 Å². The molecule has 0 spiro atoms. The van der Waals surface area contributed by atoms with Gasteiger partial charge in [-0.3, -0.25) is 9.59 Å². The second kappa shape index (κ2) is 21.8. The Kier molecular flexibility index (Phi) is 19.1. The third-order valence-electron chi connectivity index (χ3n) is 7.30. The van der Waals surface area contributed by atoms with Crippen LogP contribution in [0.25, 0.3) is 0 Å². The van der Waals surface area contributed by atoms with Gasteiger partial charge in [0.1, 0.15) is 11.8 Å². The van der Waals surface area contributed by atoms with Gasteiger partial charge in [-0.2, -0.15) is 4.39 Å². The minimum atomic E-state index is -2.04. The van der Waals surface area contributed by atoms with Crippen molar-refractivity contribution in [3.8, 4) is 5.75 Å². The van der Waals surface area contributed by atoms with Crippen LogP contribution in [0, 0.1) is 36.1 Å². The molecule has 2 amide bonds. The van der Waals surface area contributed by atoms with E-state index in [-0.39, 0.29) is 43.4 Å². The zero-order chi connectivity index (χ0) is 36.4. The molecule has 0 aromatic heterocycles. The number of allylic oxidation sites excluding steroid dienone is 1. The summed E-state index contributed by atoms with van der Waals surface area (Å²) < 4.78 is 64.4. The number of urea groups is 1. The zero-order valence-corrected chi connectivity index (χ0v) is 28.5. The summed E-state index contributed by atoms with van der Waals surface area (Å²) in [7, 11) is 0. The molecule has 0 aliphatic heterocycles. The molecule has 14 heteroatoms. The Balaban J connectivity index is 2.39. The molecule has 270 valence electrons. The molecule has 1 aromatic carbocycles. The van der Waals surface area contributed by atoms with E-state index in [1.807, 2.05) is 13.8 Å². The van der Waals surface area contributed by atoms with Crippen LogP contribution in [-0.4, -0.2) is 54.8 Å². The first-order chi connectivity index (χ1) is 22.5. The maximum atomic E-state index is 13.9. The lowest BCUT2D eigenvalue weighted by atomic mass is 10.1. The van der Waals surface area contributed by atoms with Crippen LogP contribution in [0.15, 0.2) is 12.3 Å². The van der Waals surface area contributed by atoms with Crippen LogP contribution in [0.5, 0.6) is 5.75 Å². The quantitative estimate of drug-likeness (QED) is 0.0306. The Bertz CT molecular complexity index is 1260. The number of unbranched alkanes of at least 4 members (excludes halogenated alkanes) is 4. The molecule has 0 aliphatic rings. The highest BCUT2D eigenvalue weighted by Crippen LogP contribution is 2.30. The van der Waals surface area contributed by atoms with Gasteiger partial charge in [0, 0.05) is 30.6 Å². The first-order valence-corrected chi connectivity index (χ1v) is 16.2. The molecule has 0 aliphatic carbocycles. The van der Waals surface area contributed by atoms with Crippen LogP contribution in [-0.2, 0) is 23.9 Å². The maximum Gasteiger partial charge on any atom is 0.328 e. The predicted molar refractivity (Wildman–Crippen MR) is 171 cm³/mol. The number of esters is 2. The molecule has 0 fully saturated rings. The summed E-state index contributed by atoms with van der Waals surface area (Å²) >= 11 is 0. The second-order valence-corrected chi connectivity index (χ2v) is 12.2. The number of hydrogen-bond acceptors (Lipinski definition) is 8. The average molecular weight is 688 g/mol. The number of nitrogens with one attached hydrogen (secondary N) is 3. The van der Waals surface area contributed by atoms with E-state index in [0.717, 1.165) is 25.5 Å². The van der Waals surface area contributed by atoms with Crippen LogP contribution in [0.3, 0.4) is 0 Å². The SMILES string of the molecule is C=C(CCCCCCC(=O)Oc1c(C)c(F)c(F)c(F)c1F)NCCCC[C@H](NC(=O)N[C@@H](CCC(C)=O)C(C)=O)C(=O)OCC(C)C. The second-order valence-electron chi connectivity index (χ2n) is 12.2. The van der Waals surface area contributed by atoms with Crippen LogP contribution >= 0.6 is 0 Å². The van der Waals surface area contributed by atoms with Gasteiger partial charge >= 0.3 is 18.0 Å². The highest BCUT2D eigenvalue weighted by Gasteiger charge is 2.26. The molecular formula is C34H49F4N3O7. The Labute approximate surface area is 279 Å². The summed E-state index contributed by atoms with van der Waals surface area (Å²) in [5, 5.41) is 8.35. The minimum Gasteiger partial charge on any atom is -0.464 e. The van der Waals surface area contributed by atoms with Gasteiger partial charge in [0.15, 0.2) is 23.2 Å². The van der Waals surface area contributed by atoms with Crippen molar-refractivity contribution in [1.82, 2.24) is 16.0 Å². The van der Waals surface area contributed by atoms with E-state index in [1.54, 1.807) is 0 Å². The predicted octanol–water partition coefficient (Wildman–Crippen LogP) is 6.26. The zero-order valence-electron chi connectivity index (χ0n) is 28.5. The normalized spacial score (nSPS) is 12.2. The van der Waals surface area contributed by atoms with Crippen molar-refractivity contribution in [2.24, 2.45) is 5.92 Å². The number of ether oxygens (including phenoxy) is 2. The molecule has 1 rings (SSSR count). The maximum absolute atomic E-state index is 13.9. The lowest BCUT2D eigenvalue weighted by Gasteiger charge is -2.21. The van der Waals surface area contributed by atoms with Crippen LogP contribution in [0.4, 0.5) is 22.4 Å². The van der Waals surface area contributed by atoms with Gasteiger partial charge < -0.3 is 30.2 Å². The molecule has 10 nitrogen and oxygen atoms in total. The number of carbonyl (C=O) groups excluding carboxylic acids is 5. The summed E-state index contributed by atoms with van der Waals surface area (Å²) in [6.07, 6.45) is 4.92. The third kappa shape index (κ3) is 15.7. The lowest BCUT2D eigenvalue weighted by Crippen LogP contribution is -2.51. The molecule has 0 heterocycles. The number of amides is 2. The van der Waals surface area contributed by atoms with E-state index in [2.05, 4.69) is 22.5 Å². The van der Waals surface area contributed by atoms with Crippen molar-refractivity contribution in [3.05, 3.63) is 41.1 Å². The topological polar surface area (TPSA) is 140 Å². The molecule has 0 unspecified atom stereocenters. The minimum absolute atomic E-state index is 0.103. The van der Waals surface area contributed by atoms with Gasteiger partial charge in [-0.05, 0) is 71.6 Å². The summed E-state index contributed by atoms with van der Waals surface area (Å²) in [5.74, 6) is -10.1. The lowest BCUT2D eigenvalue weighted by molar-refractivity contribution is -0.147. The molecule has 0 bridgehead atoms. The first-order valence-electron chi connectivity index (χ1n) is 16.2. The van der Waals surface area contributed by atoms with Crippen molar-refractivity contribution < 1.29 is 51.0 Å². The summed E-state index contributed by atoms with van der Waals surface area (Å²) in [4.78, 5) is 60.5. The number of halogens is 4. The van der Waals surface area contributed by atoms with E-state index < -0.39 is 64.6 Å². The fourth-order valence-corrected chi connectivity index (χ4v) is 4.48.